The second-order valence-corrected chi connectivity index (χ2v) is 35.4. The molecule has 1 fully saturated rings. The molecular formula is C15H36OSi3. The second kappa shape index (κ2) is 5.78. The van der Waals surface area contributed by atoms with Crippen LogP contribution in [-0.4, -0.2) is 28.1 Å². The van der Waals surface area contributed by atoms with Crippen LogP contribution in [0.4, 0.5) is 0 Å². The normalized spacial score (nSPS) is 32.2. The summed E-state index contributed by atoms with van der Waals surface area (Å²) in [7, 11) is -3.73. The summed E-state index contributed by atoms with van der Waals surface area (Å²) in [6, 6.07) is 2.79. The summed E-state index contributed by atoms with van der Waals surface area (Å²) < 4.78 is 6.83. The van der Waals surface area contributed by atoms with Crippen molar-refractivity contribution in [2.45, 2.75) is 96.9 Å². The van der Waals surface area contributed by atoms with Crippen LogP contribution in [0.5, 0.6) is 0 Å². The Morgan fingerprint density at radius 1 is 0.947 bits per heavy atom. The van der Waals surface area contributed by atoms with Crippen LogP contribution in [0.3, 0.4) is 0 Å². The van der Waals surface area contributed by atoms with Gasteiger partial charge in [0, 0.05) is 13.2 Å². The van der Waals surface area contributed by atoms with E-state index in [1.54, 1.807) is 0 Å². The van der Waals surface area contributed by atoms with Gasteiger partial charge in [0.2, 0.25) is 0 Å². The van der Waals surface area contributed by atoms with Gasteiger partial charge in [-0.2, -0.15) is 0 Å². The zero-order valence-corrected chi connectivity index (χ0v) is 17.7. The molecular weight excluding hydrogens is 280 g/mol. The maximum atomic E-state index is 6.83. The van der Waals surface area contributed by atoms with Crippen molar-refractivity contribution >= 4 is 22.5 Å². The highest BCUT2D eigenvalue weighted by Crippen LogP contribution is 2.45. The van der Waals surface area contributed by atoms with E-state index in [2.05, 4.69) is 53.5 Å². The molecule has 19 heavy (non-hydrogen) atoms. The van der Waals surface area contributed by atoms with Gasteiger partial charge in [-0.1, -0.05) is 58.8 Å². The predicted molar refractivity (Wildman–Crippen MR) is 95.5 cm³/mol. The molecule has 1 nitrogen and oxygen atoms in total. The lowest BCUT2D eigenvalue weighted by atomic mass is 10.2. The molecule has 0 N–H and O–H groups in total. The molecule has 1 rings (SSSR count). The number of hydrogen-bond acceptors (Lipinski definition) is 1. The van der Waals surface area contributed by atoms with Crippen molar-refractivity contribution in [3.8, 4) is 0 Å². The van der Waals surface area contributed by atoms with E-state index < -0.39 is 22.5 Å². The fourth-order valence-corrected chi connectivity index (χ4v) is 37.6. The van der Waals surface area contributed by atoms with Gasteiger partial charge in [0.15, 0.2) is 7.83 Å². The maximum absolute atomic E-state index is 6.83. The fourth-order valence-electron chi connectivity index (χ4n) is 4.03. The smallest absolute Gasteiger partial charge is 0.174 e. The Labute approximate surface area is 124 Å². The lowest BCUT2D eigenvalue weighted by Crippen LogP contribution is -2.78. The third kappa shape index (κ3) is 3.63. The van der Waals surface area contributed by atoms with Crippen LogP contribution in [0, 0.1) is 0 Å². The van der Waals surface area contributed by atoms with Gasteiger partial charge in [-0.3, -0.25) is 0 Å². The molecule has 0 aromatic carbocycles. The molecule has 0 aromatic heterocycles. The van der Waals surface area contributed by atoms with Gasteiger partial charge in [0.05, 0.1) is 7.11 Å². The average Bonchev–Trinajstić information content (AvgIpc) is 2.20. The molecule has 1 heterocycles. The van der Waals surface area contributed by atoms with E-state index in [1.807, 2.05) is 0 Å². The zero-order valence-electron chi connectivity index (χ0n) is 14.7. The van der Waals surface area contributed by atoms with Crippen LogP contribution < -0.4 is 0 Å². The molecule has 1 saturated heterocycles. The van der Waals surface area contributed by atoms with Crippen LogP contribution >= 0.6 is 0 Å². The number of hydrogen-bond donors (Lipinski definition) is 0. The molecule has 4 heteroatoms. The Balaban J connectivity index is 2.87. The summed E-state index contributed by atoms with van der Waals surface area (Å²) in [6.45, 7) is 20.2. The van der Waals surface area contributed by atoms with Crippen LogP contribution in [0.1, 0.15) is 46.5 Å². The van der Waals surface area contributed by atoms with Crippen molar-refractivity contribution in [3.63, 3.8) is 0 Å². The quantitative estimate of drug-likeness (QED) is 0.479. The molecule has 0 saturated carbocycles. The minimum Gasteiger partial charge on any atom is -0.415 e. The molecule has 0 aliphatic carbocycles. The maximum Gasteiger partial charge on any atom is 0.174 e. The molecule has 1 atom stereocenters. The Hall–Kier alpha value is 0.611. The lowest BCUT2D eigenvalue weighted by Gasteiger charge is -2.59. The second-order valence-electron chi connectivity index (χ2n) is 8.59. The molecule has 114 valence electrons. The van der Waals surface area contributed by atoms with E-state index in [1.165, 1.54) is 37.8 Å². The van der Waals surface area contributed by atoms with Crippen molar-refractivity contribution in [3.05, 3.63) is 0 Å². The van der Waals surface area contributed by atoms with Gasteiger partial charge < -0.3 is 4.43 Å². The van der Waals surface area contributed by atoms with Crippen molar-refractivity contribution < 1.29 is 4.43 Å². The molecule has 1 aliphatic rings. The first-order chi connectivity index (χ1) is 8.47. The van der Waals surface area contributed by atoms with Crippen LogP contribution in [0.25, 0.3) is 0 Å². The molecule has 0 aromatic rings. The summed E-state index contributed by atoms with van der Waals surface area (Å²) in [5, 5.41) is 0. The summed E-state index contributed by atoms with van der Waals surface area (Å²) >= 11 is 0. The minimum absolute atomic E-state index is 0.157. The number of unbranched alkanes of at least 4 members (excludes halogenated alkanes) is 3. The Morgan fingerprint density at radius 3 is 2.05 bits per heavy atom. The van der Waals surface area contributed by atoms with E-state index in [9.17, 15) is 0 Å². The van der Waals surface area contributed by atoms with Gasteiger partial charge in [-0.05, 0) is 32.5 Å². The topological polar surface area (TPSA) is 9.23 Å². The van der Waals surface area contributed by atoms with Crippen molar-refractivity contribution in [2.24, 2.45) is 0 Å². The first-order valence-electron chi connectivity index (χ1n) is 8.18. The zero-order chi connectivity index (χ0) is 14.9. The van der Waals surface area contributed by atoms with Crippen molar-refractivity contribution in [2.75, 3.05) is 0 Å². The van der Waals surface area contributed by atoms with E-state index >= 15 is 0 Å². The number of rotatable bonds is 5. The van der Waals surface area contributed by atoms with E-state index in [-0.39, 0.29) is 5.60 Å². The van der Waals surface area contributed by atoms with Crippen LogP contribution in [-0.2, 0) is 4.43 Å². The minimum atomic E-state index is -1.48. The molecule has 1 unspecified atom stereocenters. The van der Waals surface area contributed by atoms with Gasteiger partial charge in [0.1, 0.15) is 0 Å². The monoisotopic (exact) mass is 316 g/mol. The Kier molecular flexibility index (Phi) is 5.37. The molecule has 0 radical (unpaired) electrons. The third-order valence-electron chi connectivity index (χ3n) is 5.89. The molecule has 0 spiro atoms. The summed E-state index contributed by atoms with van der Waals surface area (Å²) in [5.41, 5.74) is 0.157. The average molecular weight is 317 g/mol. The molecule has 1 aliphatic heterocycles. The molecule has 0 amide bonds. The van der Waals surface area contributed by atoms with E-state index in [0.29, 0.717) is 0 Å². The lowest BCUT2D eigenvalue weighted by molar-refractivity contribution is 0.120. The van der Waals surface area contributed by atoms with E-state index in [4.69, 9.17) is 4.43 Å². The standard InChI is InChI=1S/C15H36OSi3/c1-9-10-11-12-13-19(8)16-15(2,3)14-17(4,5)18(19,6)7/h9-14H2,1-8H3. The molecule has 0 bridgehead atoms. The summed E-state index contributed by atoms with van der Waals surface area (Å²) in [6.07, 6.45) is 5.56. The van der Waals surface area contributed by atoms with Gasteiger partial charge in [-0.25, -0.2) is 0 Å². The largest absolute Gasteiger partial charge is 0.415 e. The third-order valence-corrected chi connectivity index (χ3v) is 46.5. The van der Waals surface area contributed by atoms with Gasteiger partial charge in [-0.15, -0.1) is 0 Å². The van der Waals surface area contributed by atoms with Crippen molar-refractivity contribution in [1.29, 1.82) is 0 Å². The van der Waals surface area contributed by atoms with Crippen LogP contribution in [0.2, 0.25) is 44.8 Å². The predicted octanol–water partition coefficient (Wildman–Crippen LogP) is 5.52. The fraction of sp³-hybridized carbons (Fsp3) is 1.00. The van der Waals surface area contributed by atoms with Crippen molar-refractivity contribution in [1.82, 2.24) is 0 Å². The summed E-state index contributed by atoms with van der Waals surface area (Å²) in [5.74, 6) is 0. The summed E-state index contributed by atoms with van der Waals surface area (Å²) in [4.78, 5) is 0. The Bertz CT molecular complexity index is 313. The highest BCUT2D eigenvalue weighted by atomic mass is 29.6. The Morgan fingerprint density at radius 2 is 1.53 bits per heavy atom. The highest BCUT2D eigenvalue weighted by Gasteiger charge is 2.61. The van der Waals surface area contributed by atoms with Crippen LogP contribution in [0.15, 0.2) is 0 Å². The first-order valence-corrected chi connectivity index (χ1v) is 19.0. The van der Waals surface area contributed by atoms with E-state index in [0.717, 1.165) is 0 Å². The SMILES string of the molecule is CCCCCC[Si]1(C)OC(C)(C)C[Si](C)(C)[Si]1(C)C. The highest BCUT2D eigenvalue weighted by molar-refractivity contribution is 7.67. The van der Waals surface area contributed by atoms with Gasteiger partial charge >= 0.3 is 0 Å². The van der Waals surface area contributed by atoms with Gasteiger partial charge in [0.25, 0.3) is 0 Å². The first kappa shape index (κ1) is 17.7.